The fraction of sp³-hybridized carbons (Fsp3) is 0.238. The van der Waals surface area contributed by atoms with Gasteiger partial charge in [0, 0.05) is 16.9 Å². The van der Waals surface area contributed by atoms with E-state index in [9.17, 15) is 4.79 Å². The molecule has 0 unspecified atom stereocenters. The number of nitrogens with one attached hydrogen (secondary N) is 3. The Morgan fingerprint density at radius 3 is 2.59 bits per heavy atom. The largest absolute Gasteiger partial charge is 0.493 e. The summed E-state index contributed by atoms with van der Waals surface area (Å²) in [5, 5.41) is 9.72. The van der Waals surface area contributed by atoms with E-state index in [0.717, 1.165) is 29.1 Å². The highest BCUT2D eigenvalue weighted by atomic mass is 32.1. The molecule has 140 valence electrons. The fourth-order valence-corrected chi connectivity index (χ4v) is 3.28. The number of hydrogen-bond acceptors (Lipinski definition) is 3. The number of hydrogen-bond donors (Lipinski definition) is 3. The first-order valence-corrected chi connectivity index (χ1v) is 9.37. The number of anilines is 1. The molecular formula is C21H23N3O2S. The van der Waals surface area contributed by atoms with Crippen LogP contribution in [-0.2, 0) is 4.79 Å². The van der Waals surface area contributed by atoms with Crippen molar-refractivity contribution in [3.8, 4) is 5.75 Å². The first kappa shape index (κ1) is 18.9. The van der Waals surface area contributed by atoms with Gasteiger partial charge in [0.1, 0.15) is 5.75 Å². The van der Waals surface area contributed by atoms with E-state index >= 15 is 0 Å². The molecule has 1 atom stereocenters. The Morgan fingerprint density at radius 1 is 1.15 bits per heavy atom. The molecule has 1 heterocycles. The molecule has 1 aliphatic heterocycles. The number of ether oxygens (including phenoxy) is 1. The van der Waals surface area contributed by atoms with Crippen LogP contribution in [0.2, 0.25) is 0 Å². The predicted octanol–water partition coefficient (Wildman–Crippen LogP) is 3.91. The molecule has 0 aliphatic carbocycles. The van der Waals surface area contributed by atoms with Gasteiger partial charge < -0.3 is 20.7 Å². The average molecular weight is 382 g/mol. The average Bonchev–Trinajstić information content (AvgIpc) is 2.66. The van der Waals surface area contributed by atoms with E-state index in [-0.39, 0.29) is 5.91 Å². The van der Waals surface area contributed by atoms with Crippen LogP contribution >= 0.6 is 12.2 Å². The number of carbonyl (C=O) groups is 1. The zero-order chi connectivity index (χ0) is 19.2. The summed E-state index contributed by atoms with van der Waals surface area (Å²) in [4.78, 5) is 13.1. The van der Waals surface area contributed by atoms with E-state index in [0.29, 0.717) is 17.3 Å². The van der Waals surface area contributed by atoms with Crippen LogP contribution in [0.5, 0.6) is 5.75 Å². The molecule has 3 N–H and O–H groups in total. The van der Waals surface area contributed by atoms with Crippen LogP contribution in [0.1, 0.15) is 31.9 Å². The van der Waals surface area contributed by atoms with Gasteiger partial charge in [-0.3, -0.25) is 4.79 Å². The van der Waals surface area contributed by atoms with Gasteiger partial charge in [-0.05, 0) is 43.8 Å². The lowest BCUT2D eigenvalue weighted by Gasteiger charge is -2.31. The maximum atomic E-state index is 13.1. The predicted molar refractivity (Wildman–Crippen MR) is 112 cm³/mol. The summed E-state index contributed by atoms with van der Waals surface area (Å²) in [7, 11) is 0. The zero-order valence-electron chi connectivity index (χ0n) is 15.4. The highest BCUT2D eigenvalue weighted by Crippen LogP contribution is 2.33. The number of allylic oxidation sites excluding steroid dienone is 1. The van der Waals surface area contributed by atoms with Crippen molar-refractivity contribution >= 4 is 28.9 Å². The SMILES string of the molecule is CCCOc1ccccc1[C@@H]1NC(=S)NC(C)=C1C(=O)Nc1ccccc1. The first-order valence-electron chi connectivity index (χ1n) is 8.96. The number of benzene rings is 2. The maximum Gasteiger partial charge on any atom is 0.255 e. The van der Waals surface area contributed by atoms with Crippen molar-refractivity contribution in [2.75, 3.05) is 11.9 Å². The maximum absolute atomic E-state index is 13.1. The normalized spacial score (nSPS) is 16.4. The molecule has 0 radical (unpaired) electrons. The van der Waals surface area contributed by atoms with Crippen molar-refractivity contribution < 1.29 is 9.53 Å². The van der Waals surface area contributed by atoms with Crippen molar-refractivity contribution in [3.63, 3.8) is 0 Å². The van der Waals surface area contributed by atoms with E-state index in [2.05, 4.69) is 22.9 Å². The Bertz CT molecular complexity index is 865. The van der Waals surface area contributed by atoms with Crippen LogP contribution in [0, 0.1) is 0 Å². The zero-order valence-corrected chi connectivity index (χ0v) is 16.2. The molecule has 0 saturated carbocycles. The minimum absolute atomic E-state index is 0.184. The summed E-state index contributed by atoms with van der Waals surface area (Å²) < 4.78 is 5.90. The van der Waals surface area contributed by atoms with Gasteiger partial charge in [-0.2, -0.15) is 0 Å². The van der Waals surface area contributed by atoms with Gasteiger partial charge in [0.2, 0.25) is 0 Å². The summed E-state index contributed by atoms with van der Waals surface area (Å²) in [6.45, 7) is 4.53. The van der Waals surface area contributed by atoms with Crippen molar-refractivity contribution in [3.05, 3.63) is 71.4 Å². The van der Waals surface area contributed by atoms with Gasteiger partial charge in [0.05, 0.1) is 18.2 Å². The summed E-state index contributed by atoms with van der Waals surface area (Å²) in [5.41, 5.74) is 2.93. The van der Waals surface area contributed by atoms with Crippen LogP contribution < -0.4 is 20.7 Å². The topological polar surface area (TPSA) is 62.4 Å². The minimum Gasteiger partial charge on any atom is -0.493 e. The van der Waals surface area contributed by atoms with Crippen molar-refractivity contribution in [2.24, 2.45) is 0 Å². The number of rotatable bonds is 6. The molecule has 3 rings (SSSR count). The summed E-state index contributed by atoms with van der Waals surface area (Å²) in [6, 6.07) is 16.7. The van der Waals surface area contributed by atoms with Crippen molar-refractivity contribution in [1.29, 1.82) is 0 Å². The van der Waals surface area contributed by atoms with E-state index in [1.807, 2.05) is 61.5 Å². The van der Waals surface area contributed by atoms with E-state index < -0.39 is 6.04 Å². The third-order valence-corrected chi connectivity index (χ3v) is 4.46. The van der Waals surface area contributed by atoms with E-state index in [1.54, 1.807) is 0 Å². The molecule has 5 nitrogen and oxygen atoms in total. The van der Waals surface area contributed by atoms with Crippen LogP contribution in [0.15, 0.2) is 65.9 Å². The van der Waals surface area contributed by atoms with Crippen LogP contribution in [0.4, 0.5) is 5.69 Å². The molecule has 0 saturated heterocycles. The van der Waals surface area contributed by atoms with Gasteiger partial charge in [-0.25, -0.2) is 0 Å². The van der Waals surface area contributed by atoms with Gasteiger partial charge in [0.15, 0.2) is 5.11 Å². The number of amides is 1. The Morgan fingerprint density at radius 2 is 1.85 bits per heavy atom. The molecule has 0 aromatic heterocycles. The molecule has 6 heteroatoms. The minimum atomic E-state index is -0.393. The third-order valence-electron chi connectivity index (χ3n) is 4.24. The second kappa shape index (κ2) is 8.68. The van der Waals surface area contributed by atoms with Crippen LogP contribution in [0.25, 0.3) is 0 Å². The van der Waals surface area contributed by atoms with Crippen molar-refractivity contribution in [2.45, 2.75) is 26.3 Å². The molecule has 1 amide bonds. The summed E-state index contributed by atoms with van der Waals surface area (Å²) in [6.07, 6.45) is 0.905. The molecular weight excluding hydrogens is 358 g/mol. The second-order valence-corrected chi connectivity index (χ2v) is 6.68. The lowest BCUT2D eigenvalue weighted by Crippen LogP contribution is -2.45. The monoisotopic (exact) mass is 381 g/mol. The highest BCUT2D eigenvalue weighted by molar-refractivity contribution is 7.80. The Hall–Kier alpha value is -2.86. The Kier molecular flexibility index (Phi) is 6.08. The third kappa shape index (κ3) is 4.46. The molecule has 0 spiro atoms. The van der Waals surface area contributed by atoms with Gasteiger partial charge in [0.25, 0.3) is 5.91 Å². The summed E-state index contributed by atoms with van der Waals surface area (Å²) in [5.74, 6) is 0.566. The highest BCUT2D eigenvalue weighted by Gasteiger charge is 2.31. The van der Waals surface area contributed by atoms with Crippen LogP contribution in [-0.4, -0.2) is 17.6 Å². The Labute approximate surface area is 164 Å². The smallest absolute Gasteiger partial charge is 0.255 e. The second-order valence-electron chi connectivity index (χ2n) is 6.28. The molecule has 0 bridgehead atoms. The van der Waals surface area contributed by atoms with E-state index in [4.69, 9.17) is 17.0 Å². The standard InChI is InChI=1S/C21H23N3O2S/c1-3-13-26-17-12-8-7-11-16(17)19-18(14(2)22-21(27)24-19)20(25)23-15-9-5-4-6-10-15/h4-12,19H,3,13H2,1-2H3,(H,23,25)(H2,22,24,27)/t19-/m0/s1. The number of thiocarbonyl (C=S) groups is 1. The molecule has 1 aliphatic rings. The quantitative estimate of drug-likeness (QED) is 0.663. The summed E-state index contributed by atoms with van der Waals surface area (Å²) >= 11 is 5.33. The molecule has 27 heavy (non-hydrogen) atoms. The lowest BCUT2D eigenvalue weighted by atomic mass is 9.94. The first-order chi connectivity index (χ1) is 13.1. The van der Waals surface area contributed by atoms with E-state index in [1.165, 1.54) is 0 Å². The van der Waals surface area contributed by atoms with Gasteiger partial charge in [-0.15, -0.1) is 0 Å². The Balaban J connectivity index is 1.96. The fourth-order valence-electron chi connectivity index (χ4n) is 3.01. The molecule has 2 aromatic carbocycles. The van der Waals surface area contributed by atoms with Gasteiger partial charge in [-0.1, -0.05) is 43.3 Å². The van der Waals surface area contributed by atoms with Crippen molar-refractivity contribution in [1.82, 2.24) is 10.6 Å². The molecule has 2 aromatic rings. The number of para-hydroxylation sites is 2. The molecule has 0 fully saturated rings. The van der Waals surface area contributed by atoms with Crippen LogP contribution in [0.3, 0.4) is 0 Å². The van der Waals surface area contributed by atoms with Gasteiger partial charge >= 0.3 is 0 Å². The lowest BCUT2D eigenvalue weighted by molar-refractivity contribution is -0.113. The number of carbonyl (C=O) groups excluding carboxylic acids is 1.